The molecule has 1 saturated carbocycles. The first kappa shape index (κ1) is 15.6. The summed E-state index contributed by atoms with van der Waals surface area (Å²) in [6, 6.07) is 2.67. The van der Waals surface area contributed by atoms with E-state index in [2.05, 4.69) is 42.9 Å². The molecule has 0 aromatic carbocycles. The Morgan fingerprint density at radius 3 is 2.88 bits per heavy atom. The number of hydrogen-bond donors (Lipinski definition) is 1. The molecule has 2 unspecified atom stereocenters. The number of anilines is 1. The fourth-order valence-corrected chi connectivity index (χ4v) is 4.55. The van der Waals surface area contributed by atoms with Crippen molar-refractivity contribution in [2.75, 3.05) is 38.6 Å². The highest BCUT2D eigenvalue weighted by atomic mass is 15.2. The van der Waals surface area contributed by atoms with Crippen molar-refractivity contribution in [3.63, 3.8) is 0 Å². The van der Waals surface area contributed by atoms with Gasteiger partial charge in [0, 0.05) is 46.0 Å². The van der Waals surface area contributed by atoms with Crippen LogP contribution in [0, 0.1) is 11.8 Å². The number of fused-ring (bicyclic) bond motifs is 2. The van der Waals surface area contributed by atoms with E-state index in [1.807, 2.05) is 19.5 Å². The third-order valence-corrected chi connectivity index (χ3v) is 5.77. The summed E-state index contributed by atoms with van der Waals surface area (Å²) >= 11 is 0. The quantitative estimate of drug-likeness (QED) is 0.856. The average molecular weight is 326 g/mol. The van der Waals surface area contributed by atoms with E-state index in [4.69, 9.17) is 0 Å². The highest BCUT2D eigenvalue weighted by Crippen LogP contribution is 2.41. The van der Waals surface area contributed by atoms with Crippen LogP contribution in [0.2, 0.25) is 0 Å². The minimum Gasteiger partial charge on any atom is -0.356 e. The second-order valence-electron chi connectivity index (χ2n) is 7.18. The van der Waals surface area contributed by atoms with E-state index in [9.17, 15) is 0 Å². The number of nitrogens with zero attached hydrogens (tertiary/aromatic N) is 5. The first-order chi connectivity index (χ1) is 11.8. The van der Waals surface area contributed by atoms with Crippen molar-refractivity contribution in [3.05, 3.63) is 18.6 Å². The third kappa shape index (κ3) is 2.79. The minimum atomic E-state index is 0.590. The van der Waals surface area contributed by atoms with Gasteiger partial charge in [-0.05, 0) is 43.4 Å². The summed E-state index contributed by atoms with van der Waals surface area (Å²) in [6.45, 7) is 3.65. The molecular weight excluding hydrogens is 300 g/mol. The lowest BCUT2D eigenvalue weighted by Gasteiger charge is -2.27. The van der Waals surface area contributed by atoms with Gasteiger partial charge >= 0.3 is 0 Å². The molecule has 0 radical (unpaired) electrons. The molecule has 4 rings (SSSR count). The molecule has 2 aromatic rings. The van der Waals surface area contributed by atoms with E-state index >= 15 is 0 Å². The molecule has 6 heteroatoms. The summed E-state index contributed by atoms with van der Waals surface area (Å²) in [5.41, 5.74) is 0.925. The number of likely N-dealkylation sites (tertiary alicyclic amines) is 1. The molecule has 1 saturated heterocycles. The van der Waals surface area contributed by atoms with Crippen molar-refractivity contribution in [1.29, 1.82) is 0 Å². The summed E-state index contributed by atoms with van der Waals surface area (Å²) in [7, 11) is 4.05. The number of aliphatic imine (C=N–C) groups is 1. The molecular formula is C18H26N6. The molecule has 0 spiro atoms. The normalized spacial score (nSPS) is 27.3. The van der Waals surface area contributed by atoms with Crippen LogP contribution in [0.3, 0.4) is 0 Å². The molecule has 6 nitrogen and oxygen atoms in total. The molecule has 2 atom stereocenters. The molecule has 1 aliphatic carbocycles. The van der Waals surface area contributed by atoms with E-state index in [0.717, 1.165) is 41.7 Å². The molecule has 2 fully saturated rings. The summed E-state index contributed by atoms with van der Waals surface area (Å²) in [5.74, 6) is 2.72. The largest absolute Gasteiger partial charge is 0.356 e. The van der Waals surface area contributed by atoms with Crippen LogP contribution in [0.25, 0.3) is 11.0 Å². The van der Waals surface area contributed by atoms with Gasteiger partial charge in [-0.15, -0.1) is 0 Å². The molecule has 128 valence electrons. The lowest BCUT2D eigenvalue weighted by atomic mass is 10.0. The molecule has 2 aliphatic rings. The van der Waals surface area contributed by atoms with E-state index in [0.29, 0.717) is 6.04 Å². The van der Waals surface area contributed by atoms with Gasteiger partial charge in [0.25, 0.3) is 0 Å². The zero-order valence-corrected chi connectivity index (χ0v) is 14.5. The number of nitrogens with one attached hydrogen (secondary N) is 1. The maximum atomic E-state index is 4.55. The third-order valence-electron chi connectivity index (χ3n) is 5.77. The van der Waals surface area contributed by atoms with E-state index in [-0.39, 0.29) is 0 Å². The number of hydrogen-bond acceptors (Lipinski definition) is 5. The first-order valence-electron chi connectivity index (χ1n) is 8.90. The Morgan fingerprint density at radius 1 is 1.33 bits per heavy atom. The topological polar surface area (TPSA) is 60.4 Å². The molecule has 0 bridgehead atoms. The van der Waals surface area contributed by atoms with Crippen LogP contribution in [0.5, 0.6) is 0 Å². The Bertz CT molecular complexity index is 709. The summed E-state index contributed by atoms with van der Waals surface area (Å²) in [4.78, 5) is 21.1. The van der Waals surface area contributed by atoms with Crippen molar-refractivity contribution < 1.29 is 0 Å². The van der Waals surface area contributed by atoms with Gasteiger partial charge in [0.1, 0.15) is 17.8 Å². The van der Waals surface area contributed by atoms with Crippen LogP contribution >= 0.6 is 0 Å². The molecule has 3 heterocycles. The van der Waals surface area contributed by atoms with E-state index in [1.165, 1.54) is 25.9 Å². The van der Waals surface area contributed by atoms with Gasteiger partial charge < -0.3 is 19.8 Å². The zero-order chi connectivity index (χ0) is 16.5. The highest BCUT2D eigenvalue weighted by molar-refractivity contribution is 5.87. The van der Waals surface area contributed by atoms with Crippen molar-refractivity contribution >= 4 is 23.1 Å². The van der Waals surface area contributed by atoms with Gasteiger partial charge in [0.05, 0.1) is 5.39 Å². The van der Waals surface area contributed by atoms with Crippen LogP contribution in [-0.2, 0) is 0 Å². The van der Waals surface area contributed by atoms with Crippen molar-refractivity contribution in [1.82, 2.24) is 19.9 Å². The number of H-pyrrole nitrogens is 1. The molecule has 0 amide bonds. The Balaban J connectivity index is 1.41. The van der Waals surface area contributed by atoms with E-state index in [1.54, 1.807) is 6.33 Å². The maximum Gasteiger partial charge on any atom is 0.142 e. The second-order valence-corrected chi connectivity index (χ2v) is 7.18. The van der Waals surface area contributed by atoms with Gasteiger partial charge in [-0.1, -0.05) is 0 Å². The number of aromatic nitrogens is 3. The fourth-order valence-electron chi connectivity index (χ4n) is 4.55. The van der Waals surface area contributed by atoms with Gasteiger partial charge in [-0.25, -0.2) is 9.97 Å². The molecule has 1 N–H and O–H groups in total. The smallest absolute Gasteiger partial charge is 0.142 e. The van der Waals surface area contributed by atoms with Gasteiger partial charge in [-0.2, -0.15) is 0 Å². The lowest BCUT2D eigenvalue weighted by Crippen LogP contribution is -2.33. The van der Waals surface area contributed by atoms with Crippen LogP contribution in [0.15, 0.2) is 23.6 Å². The van der Waals surface area contributed by atoms with Crippen molar-refractivity contribution in [2.45, 2.75) is 25.3 Å². The Morgan fingerprint density at radius 2 is 2.12 bits per heavy atom. The second kappa shape index (κ2) is 6.51. The molecule has 24 heavy (non-hydrogen) atoms. The summed E-state index contributed by atoms with van der Waals surface area (Å²) < 4.78 is 0. The Hall–Kier alpha value is -1.95. The Kier molecular flexibility index (Phi) is 4.22. The highest BCUT2D eigenvalue weighted by Gasteiger charge is 2.42. The monoisotopic (exact) mass is 326 g/mol. The SMILES string of the molecule is CN=CCCN1CC2CC(N(C)c3ncnc4[nH]ccc34)CC2C1. The van der Waals surface area contributed by atoms with Crippen LogP contribution in [0.1, 0.15) is 19.3 Å². The summed E-state index contributed by atoms with van der Waals surface area (Å²) in [5, 5.41) is 1.12. The lowest BCUT2D eigenvalue weighted by molar-refractivity contribution is 0.315. The molecule has 2 aromatic heterocycles. The van der Waals surface area contributed by atoms with Crippen LogP contribution < -0.4 is 4.90 Å². The minimum absolute atomic E-state index is 0.590. The number of rotatable bonds is 5. The first-order valence-corrected chi connectivity index (χ1v) is 8.90. The standard InChI is InChI=1S/C18H26N6/c1-19-5-3-7-24-10-13-8-15(9-14(13)11-24)23(2)18-16-4-6-20-17(16)21-12-22-18/h4-6,12-15H,3,7-11H2,1-2H3,(H,20,21,22). The van der Waals surface area contributed by atoms with Crippen LogP contribution in [0.4, 0.5) is 5.82 Å². The van der Waals surface area contributed by atoms with Gasteiger partial charge in [-0.3, -0.25) is 0 Å². The summed E-state index contributed by atoms with van der Waals surface area (Å²) in [6.07, 6.45) is 9.26. The predicted molar refractivity (Wildman–Crippen MR) is 97.8 cm³/mol. The van der Waals surface area contributed by atoms with Crippen molar-refractivity contribution in [3.8, 4) is 0 Å². The van der Waals surface area contributed by atoms with Crippen molar-refractivity contribution in [2.24, 2.45) is 16.8 Å². The van der Waals surface area contributed by atoms with Crippen LogP contribution in [-0.4, -0.2) is 65.8 Å². The van der Waals surface area contributed by atoms with Gasteiger partial charge in [0.15, 0.2) is 0 Å². The fraction of sp³-hybridized carbons (Fsp3) is 0.611. The van der Waals surface area contributed by atoms with E-state index < -0.39 is 0 Å². The molecule has 1 aliphatic heterocycles. The maximum absolute atomic E-state index is 4.55. The van der Waals surface area contributed by atoms with Gasteiger partial charge in [0.2, 0.25) is 0 Å². The average Bonchev–Trinajstić information content (AvgIpc) is 3.27. The Labute approximate surface area is 143 Å². The zero-order valence-electron chi connectivity index (χ0n) is 14.5. The number of aromatic amines is 1. The predicted octanol–water partition coefficient (Wildman–Crippen LogP) is 2.20.